The Morgan fingerprint density at radius 3 is 2.81 bits per heavy atom. The Kier molecular flexibility index (Phi) is 4.37. The summed E-state index contributed by atoms with van der Waals surface area (Å²) in [5.41, 5.74) is 2.56. The first kappa shape index (κ1) is 17.2. The van der Waals surface area contributed by atoms with E-state index in [-0.39, 0.29) is 11.9 Å². The van der Waals surface area contributed by atoms with Crippen molar-refractivity contribution >= 4 is 34.2 Å². The van der Waals surface area contributed by atoms with Crippen LogP contribution in [0.1, 0.15) is 30.2 Å². The van der Waals surface area contributed by atoms with Gasteiger partial charge in [-0.05, 0) is 38.1 Å². The van der Waals surface area contributed by atoms with Crippen LogP contribution in [0.15, 0.2) is 55.4 Å². The van der Waals surface area contributed by atoms with Crippen molar-refractivity contribution in [1.29, 1.82) is 0 Å². The molecule has 1 aromatic carbocycles. The highest BCUT2D eigenvalue weighted by Gasteiger charge is 2.14. The summed E-state index contributed by atoms with van der Waals surface area (Å²) in [5, 5.41) is 8.59. The molecule has 0 spiro atoms. The number of rotatable bonds is 4. The molecule has 0 bridgehead atoms. The van der Waals surface area contributed by atoms with Crippen molar-refractivity contribution < 1.29 is 4.79 Å². The lowest BCUT2D eigenvalue weighted by Crippen LogP contribution is -2.14. The average molecular weight is 381 g/mol. The zero-order chi connectivity index (χ0) is 19.0. The second-order valence-electron chi connectivity index (χ2n) is 6.41. The molecule has 27 heavy (non-hydrogen) atoms. The third-order valence-electron chi connectivity index (χ3n) is 4.17. The number of pyridine rings is 1. The van der Waals surface area contributed by atoms with E-state index in [0.29, 0.717) is 16.3 Å². The minimum absolute atomic E-state index is 0.193. The second kappa shape index (κ2) is 6.85. The van der Waals surface area contributed by atoms with Crippen LogP contribution in [0.5, 0.6) is 0 Å². The van der Waals surface area contributed by atoms with Crippen LogP contribution in [-0.4, -0.2) is 30.2 Å². The summed E-state index contributed by atoms with van der Waals surface area (Å²) < 4.78 is 3.63. The molecule has 0 fully saturated rings. The number of anilines is 1. The molecule has 0 saturated heterocycles. The number of aromatic nitrogens is 5. The minimum atomic E-state index is -0.273. The lowest BCUT2D eigenvalue weighted by atomic mass is 10.2. The third kappa shape index (κ3) is 3.29. The SMILES string of the molecule is CC(C)n1ncc2cc(C(=O)Nc3cc(Cl)ccc3-n3ccnc3)cnc21. The molecular weight excluding hydrogens is 364 g/mol. The molecule has 3 aromatic heterocycles. The first-order valence-corrected chi connectivity index (χ1v) is 8.83. The third-order valence-corrected chi connectivity index (χ3v) is 4.41. The maximum absolute atomic E-state index is 12.8. The standard InChI is InChI=1S/C19H17ClN6O/c1-12(2)26-18-13(10-23-26)7-14(9-22-18)19(27)24-16-8-15(20)3-4-17(16)25-6-5-21-11-25/h3-12H,1-2H3,(H,24,27). The van der Waals surface area contributed by atoms with Crippen LogP contribution in [0.25, 0.3) is 16.7 Å². The number of imidazole rings is 1. The summed E-state index contributed by atoms with van der Waals surface area (Å²) in [6, 6.07) is 7.27. The van der Waals surface area contributed by atoms with Gasteiger partial charge in [0.25, 0.3) is 5.91 Å². The molecule has 136 valence electrons. The van der Waals surface area contributed by atoms with Gasteiger partial charge >= 0.3 is 0 Å². The van der Waals surface area contributed by atoms with E-state index < -0.39 is 0 Å². The van der Waals surface area contributed by atoms with E-state index in [0.717, 1.165) is 16.7 Å². The molecule has 3 heterocycles. The van der Waals surface area contributed by atoms with Crippen molar-refractivity contribution in [2.45, 2.75) is 19.9 Å². The first-order valence-electron chi connectivity index (χ1n) is 8.45. The van der Waals surface area contributed by atoms with E-state index in [1.807, 2.05) is 24.6 Å². The van der Waals surface area contributed by atoms with Crippen molar-refractivity contribution in [3.8, 4) is 5.69 Å². The Bertz CT molecular complexity index is 1120. The molecule has 0 aliphatic heterocycles. The number of hydrogen-bond acceptors (Lipinski definition) is 4. The van der Waals surface area contributed by atoms with E-state index in [1.165, 1.54) is 0 Å². The van der Waals surface area contributed by atoms with Crippen molar-refractivity contribution in [1.82, 2.24) is 24.3 Å². The van der Waals surface area contributed by atoms with E-state index in [9.17, 15) is 4.79 Å². The van der Waals surface area contributed by atoms with Crippen molar-refractivity contribution in [3.05, 3.63) is 66.0 Å². The van der Waals surface area contributed by atoms with Gasteiger partial charge in [0.15, 0.2) is 5.65 Å². The van der Waals surface area contributed by atoms with Gasteiger partial charge in [-0.15, -0.1) is 0 Å². The topological polar surface area (TPSA) is 77.6 Å². The van der Waals surface area contributed by atoms with Crippen molar-refractivity contribution in [3.63, 3.8) is 0 Å². The monoisotopic (exact) mass is 380 g/mol. The Morgan fingerprint density at radius 2 is 2.07 bits per heavy atom. The number of hydrogen-bond donors (Lipinski definition) is 1. The summed E-state index contributed by atoms with van der Waals surface area (Å²) in [6.07, 6.45) is 8.40. The Labute approximate surface area is 160 Å². The number of carbonyl (C=O) groups excluding carboxylic acids is 1. The molecule has 7 nitrogen and oxygen atoms in total. The molecule has 8 heteroatoms. The Hall–Kier alpha value is -3.19. The number of carbonyl (C=O) groups is 1. The van der Waals surface area contributed by atoms with Crippen LogP contribution in [0.3, 0.4) is 0 Å². The lowest BCUT2D eigenvalue weighted by Gasteiger charge is -2.12. The smallest absolute Gasteiger partial charge is 0.257 e. The average Bonchev–Trinajstić information content (AvgIpc) is 3.31. The normalized spacial score (nSPS) is 11.3. The predicted octanol–water partition coefficient (Wildman–Crippen LogP) is 4.10. The summed E-state index contributed by atoms with van der Waals surface area (Å²) in [5.74, 6) is -0.273. The fourth-order valence-electron chi connectivity index (χ4n) is 2.87. The van der Waals surface area contributed by atoms with Gasteiger partial charge in [0, 0.05) is 35.0 Å². The van der Waals surface area contributed by atoms with Gasteiger partial charge in [0.05, 0.1) is 29.5 Å². The summed E-state index contributed by atoms with van der Waals surface area (Å²) >= 11 is 6.12. The molecule has 0 aliphatic rings. The molecular formula is C19H17ClN6O. The summed E-state index contributed by atoms with van der Waals surface area (Å²) in [4.78, 5) is 21.2. The molecule has 0 radical (unpaired) electrons. The zero-order valence-corrected chi connectivity index (χ0v) is 15.6. The zero-order valence-electron chi connectivity index (χ0n) is 14.8. The molecule has 4 aromatic rings. The molecule has 0 aliphatic carbocycles. The molecule has 1 amide bonds. The number of benzene rings is 1. The molecule has 0 saturated carbocycles. The largest absolute Gasteiger partial charge is 0.320 e. The molecule has 1 N–H and O–H groups in total. The van der Waals surface area contributed by atoms with Gasteiger partial charge in [-0.1, -0.05) is 11.6 Å². The highest BCUT2D eigenvalue weighted by Crippen LogP contribution is 2.25. The predicted molar refractivity (Wildman–Crippen MR) is 104 cm³/mol. The summed E-state index contributed by atoms with van der Waals surface area (Å²) in [7, 11) is 0. The number of fused-ring (bicyclic) bond motifs is 1. The van der Waals surface area contributed by atoms with Crippen LogP contribution in [-0.2, 0) is 0 Å². The molecule has 4 rings (SSSR count). The number of halogens is 1. The first-order chi connectivity index (χ1) is 13.0. The fraction of sp³-hybridized carbons (Fsp3) is 0.158. The van der Waals surface area contributed by atoms with Crippen LogP contribution < -0.4 is 5.32 Å². The van der Waals surface area contributed by atoms with Gasteiger partial charge in [-0.2, -0.15) is 5.10 Å². The second-order valence-corrected chi connectivity index (χ2v) is 6.84. The van der Waals surface area contributed by atoms with E-state index >= 15 is 0 Å². The molecule has 0 unspecified atom stereocenters. The van der Waals surface area contributed by atoms with Gasteiger partial charge < -0.3 is 9.88 Å². The fourth-order valence-corrected chi connectivity index (χ4v) is 3.04. The maximum atomic E-state index is 12.8. The van der Waals surface area contributed by atoms with Crippen molar-refractivity contribution in [2.75, 3.05) is 5.32 Å². The van der Waals surface area contributed by atoms with Crippen LogP contribution in [0.2, 0.25) is 5.02 Å². The minimum Gasteiger partial charge on any atom is -0.320 e. The lowest BCUT2D eigenvalue weighted by molar-refractivity contribution is 0.102. The number of nitrogens with zero attached hydrogens (tertiary/aromatic N) is 5. The molecule has 0 atom stereocenters. The highest BCUT2D eigenvalue weighted by molar-refractivity contribution is 6.31. The van der Waals surface area contributed by atoms with Crippen LogP contribution in [0.4, 0.5) is 5.69 Å². The van der Waals surface area contributed by atoms with E-state index in [2.05, 4.69) is 20.4 Å². The van der Waals surface area contributed by atoms with Gasteiger partial charge in [-0.3, -0.25) is 4.79 Å². The van der Waals surface area contributed by atoms with Gasteiger partial charge in [0.2, 0.25) is 0 Å². The van der Waals surface area contributed by atoms with Gasteiger partial charge in [0.1, 0.15) is 0 Å². The van der Waals surface area contributed by atoms with Crippen LogP contribution >= 0.6 is 11.6 Å². The Balaban J connectivity index is 1.67. The quantitative estimate of drug-likeness (QED) is 0.578. The maximum Gasteiger partial charge on any atom is 0.257 e. The van der Waals surface area contributed by atoms with Crippen LogP contribution in [0, 0.1) is 0 Å². The Morgan fingerprint density at radius 1 is 1.22 bits per heavy atom. The van der Waals surface area contributed by atoms with Crippen molar-refractivity contribution in [2.24, 2.45) is 0 Å². The summed E-state index contributed by atoms with van der Waals surface area (Å²) in [6.45, 7) is 4.07. The van der Waals surface area contributed by atoms with Gasteiger partial charge in [-0.25, -0.2) is 14.6 Å². The highest BCUT2D eigenvalue weighted by atomic mass is 35.5. The number of amides is 1. The van der Waals surface area contributed by atoms with E-state index in [1.54, 1.807) is 53.9 Å². The number of nitrogens with one attached hydrogen (secondary N) is 1. The van der Waals surface area contributed by atoms with E-state index in [4.69, 9.17) is 11.6 Å².